The highest BCUT2D eigenvalue weighted by Crippen LogP contribution is 2.29. The summed E-state index contributed by atoms with van der Waals surface area (Å²) in [6, 6.07) is 13.4. The summed E-state index contributed by atoms with van der Waals surface area (Å²) in [7, 11) is 0. The maximum Gasteiger partial charge on any atom is 0.335 e. The van der Waals surface area contributed by atoms with Crippen LogP contribution < -0.4 is 5.32 Å². The summed E-state index contributed by atoms with van der Waals surface area (Å²) in [5, 5.41) is 14.4. The molecule has 1 aliphatic rings. The van der Waals surface area contributed by atoms with Gasteiger partial charge in [-0.1, -0.05) is 25.1 Å². The topological polar surface area (TPSA) is 63.5 Å². The van der Waals surface area contributed by atoms with Crippen molar-refractivity contribution >= 4 is 27.8 Å². The smallest absolute Gasteiger partial charge is 0.335 e. The van der Waals surface area contributed by atoms with Crippen LogP contribution in [0, 0.1) is 0 Å². The van der Waals surface area contributed by atoms with Crippen LogP contribution in [-0.4, -0.2) is 41.4 Å². The maximum absolute atomic E-state index is 11.1. The van der Waals surface area contributed by atoms with Crippen LogP contribution in [0.5, 0.6) is 0 Å². The van der Waals surface area contributed by atoms with Crippen LogP contribution in [0.3, 0.4) is 0 Å². The number of rotatable bonds is 3. The monoisotopic (exact) mass is 354 g/mol. The fourth-order valence-corrected chi connectivity index (χ4v) is 3.41. The molecule has 138 valence electrons. The Kier molecular flexibility index (Phi) is 5.91. The number of fused-ring (bicyclic) bond motifs is 3. The molecule has 1 fully saturated rings. The first-order chi connectivity index (χ1) is 12.7. The number of aryl methyl sites for hydroxylation is 1. The number of nitrogens with one attached hydrogen (secondary N) is 1. The van der Waals surface area contributed by atoms with Crippen molar-refractivity contribution in [3.05, 3.63) is 48.0 Å². The molecule has 1 saturated heterocycles. The SMILES string of the molecule is CCC1CNCCO1.CCn1c2ccccc2c2cc(C(=O)O)ccc21. The van der Waals surface area contributed by atoms with Crippen molar-refractivity contribution in [3.63, 3.8) is 0 Å². The van der Waals surface area contributed by atoms with Gasteiger partial charge in [0.2, 0.25) is 0 Å². The summed E-state index contributed by atoms with van der Waals surface area (Å²) < 4.78 is 7.57. The standard InChI is InChI=1S/C15H13NO2.C6H13NO/c1-2-16-13-6-4-3-5-11(13)12-9-10(15(17)18)7-8-14(12)16;1-2-6-5-7-3-4-8-6/h3-9H,2H2,1H3,(H,17,18);6-7H,2-5H2,1H3. The molecule has 2 heterocycles. The first kappa shape index (κ1) is 18.4. The van der Waals surface area contributed by atoms with Gasteiger partial charge in [0.15, 0.2) is 0 Å². The van der Waals surface area contributed by atoms with E-state index in [0.29, 0.717) is 11.7 Å². The minimum Gasteiger partial charge on any atom is -0.478 e. The van der Waals surface area contributed by atoms with E-state index in [-0.39, 0.29) is 0 Å². The van der Waals surface area contributed by atoms with Crippen molar-refractivity contribution in [2.75, 3.05) is 19.7 Å². The third-order valence-corrected chi connectivity index (χ3v) is 4.80. The van der Waals surface area contributed by atoms with Crippen LogP contribution >= 0.6 is 0 Å². The van der Waals surface area contributed by atoms with Gasteiger partial charge in [0.1, 0.15) is 0 Å². The molecule has 1 aromatic heterocycles. The van der Waals surface area contributed by atoms with E-state index >= 15 is 0 Å². The molecule has 4 rings (SSSR count). The van der Waals surface area contributed by atoms with Gasteiger partial charge in [-0.05, 0) is 37.6 Å². The molecule has 1 atom stereocenters. The predicted molar refractivity (Wildman–Crippen MR) is 105 cm³/mol. The molecule has 0 amide bonds. The van der Waals surface area contributed by atoms with E-state index in [1.165, 1.54) is 0 Å². The van der Waals surface area contributed by atoms with Crippen LogP contribution in [0.4, 0.5) is 0 Å². The molecule has 0 saturated carbocycles. The van der Waals surface area contributed by atoms with Gasteiger partial charge in [0.25, 0.3) is 0 Å². The van der Waals surface area contributed by atoms with Crippen molar-refractivity contribution in [1.29, 1.82) is 0 Å². The number of nitrogens with zero attached hydrogens (tertiary/aromatic N) is 1. The van der Waals surface area contributed by atoms with Crippen molar-refractivity contribution in [2.45, 2.75) is 32.9 Å². The van der Waals surface area contributed by atoms with Crippen LogP contribution in [0.2, 0.25) is 0 Å². The van der Waals surface area contributed by atoms with Gasteiger partial charge in [-0.3, -0.25) is 0 Å². The van der Waals surface area contributed by atoms with Crippen LogP contribution in [-0.2, 0) is 11.3 Å². The van der Waals surface area contributed by atoms with E-state index in [1.807, 2.05) is 24.3 Å². The van der Waals surface area contributed by atoms with Gasteiger partial charge in [-0.2, -0.15) is 0 Å². The second kappa shape index (κ2) is 8.34. The molecular formula is C21H26N2O3. The number of hydrogen-bond acceptors (Lipinski definition) is 3. The summed E-state index contributed by atoms with van der Waals surface area (Å²) in [6.45, 7) is 8.07. The van der Waals surface area contributed by atoms with Crippen LogP contribution in [0.1, 0.15) is 30.6 Å². The predicted octanol–water partition coefficient (Wildman–Crippen LogP) is 3.90. The van der Waals surface area contributed by atoms with Gasteiger partial charge in [-0.15, -0.1) is 0 Å². The Morgan fingerprint density at radius 1 is 1.19 bits per heavy atom. The third-order valence-electron chi connectivity index (χ3n) is 4.80. The highest BCUT2D eigenvalue weighted by Gasteiger charge is 2.11. The minimum absolute atomic E-state index is 0.335. The van der Waals surface area contributed by atoms with Gasteiger partial charge < -0.3 is 19.7 Å². The lowest BCUT2D eigenvalue weighted by atomic mass is 10.1. The zero-order chi connectivity index (χ0) is 18.5. The summed E-state index contributed by atoms with van der Waals surface area (Å²) >= 11 is 0. The Labute approximate surface area is 153 Å². The number of aromatic nitrogens is 1. The number of benzene rings is 2. The van der Waals surface area contributed by atoms with Crippen molar-refractivity contribution < 1.29 is 14.6 Å². The van der Waals surface area contributed by atoms with Gasteiger partial charge in [0, 0.05) is 41.4 Å². The number of ether oxygens (including phenoxy) is 1. The number of aromatic carboxylic acids is 1. The molecule has 5 heteroatoms. The minimum atomic E-state index is -0.884. The fraction of sp³-hybridized carbons (Fsp3) is 0.381. The van der Waals surface area contributed by atoms with E-state index in [1.54, 1.807) is 12.1 Å². The van der Waals surface area contributed by atoms with E-state index in [9.17, 15) is 4.79 Å². The molecule has 5 nitrogen and oxygen atoms in total. The molecule has 2 N–H and O–H groups in total. The van der Waals surface area contributed by atoms with Gasteiger partial charge >= 0.3 is 5.97 Å². The number of morpholine rings is 1. The van der Waals surface area contributed by atoms with Crippen molar-refractivity contribution in [1.82, 2.24) is 9.88 Å². The Balaban J connectivity index is 0.000000206. The second-order valence-corrected chi connectivity index (χ2v) is 6.40. The summed E-state index contributed by atoms with van der Waals surface area (Å²) in [5.41, 5.74) is 2.57. The first-order valence-electron chi connectivity index (χ1n) is 9.22. The Morgan fingerprint density at radius 2 is 1.96 bits per heavy atom. The molecular weight excluding hydrogens is 328 g/mol. The number of hydrogen-bond donors (Lipinski definition) is 2. The number of carboxylic acids is 1. The zero-order valence-corrected chi connectivity index (χ0v) is 15.4. The van der Waals surface area contributed by atoms with Gasteiger partial charge in [-0.25, -0.2) is 4.79 Å². The normalized spacial score (nSPS) is 17.1. The number of carboxylic acid groups (broad SMARTS) is 1. The molecule has 1 aliphatic heterocycles. The highest BCUT2D eigenvalue weighted by atomic mass is 16.5. The second-order valence-electron chi connectivity index (χ2n) is 6.40. The maximum atomic E-state index is 11.1. The third kappa shape index (κ3) is 3.74. The lowest BCUT2D eigenvalue weighted by Gasteiger charge is -2.21. The largest absolute Gasteiger partial charge is 0.478 e. The summed E-state index contributed by atoms with van der Waals surface area (Å²) in [4.78, 5) is 11.1. The fourth-order valence-electron chi connectivity index (χ4n) is 3.41. The van der Waals surface area contributed by atoms with Crippen LogP contribution in [0.15, 0.2) is 42.5 Å². The molecule has 0 spiro atoms. The molecule has 3 aromatic rings. The Hall–Kier alpha value is -2.37. The molecule has 0 bridgehead atoms. The lowest BCUT2D eigenvalue weighted by Crippen LogP contribution is -2.37. The highest BCUT2D eigenvalue weighted by molar-refractivity contribution is 6.10. The van der Waals surface area contributed by atoms with E-state index in [4.69, 9.17) is 9.84 Å². The van der Waals surface area contributed by atoms with Crippen LogP contribution in [0.25, 0.3) is 21.8 Å². The molecule has 26 heavy (non-hydrogen) atoms. The van der Waals surface area contributed by atoms with E-state index in [2.05, 4.69) is 29.8 Å². The number of carbonyl (C=O) groups is 1. The Morgan fingerprint density at radius 3 is 2.58 bits per heavy atom. The molecule has 1 unspecified atom stereocenters. The summed E-state index contributed by atoms with van der Waals surface area (Å²) in [6.07, 6.45) is 1.61. The summed E-state index contributed by atoms with van der Waals surface area (Å²) in [5.74, 6) is -0.884. The lowest BCUT2D eigenvalue weighted by molar-refractivity contribution is 0.0267. The van der Waals surface area contributed by atoms with Crippen molar-refractivity contribution in [2.24, 2.45) is 0 Å². The average molecular weight is 354 g/mol. The van der Waals surface area contributed by atoms with Crippen molar-refractivity contribution in [3.8, 4) is 0 Å². The first-order valence-corrected chi connectivity index (χ1v) is 9.22. The molecule has 2 aromatic carbocycles. The number of para-hydroxylation sites is 1. The zero-order valence-electron chi connectivity index (χ0n) is 15.4. The quantitative estimate of drug-likeness (QED) is 0.749. The van der Waals surface area contributed by atoms with Gasteiger partial charge in [0.05, 0.1) is 18.3 Å². The Bertz CT molecular complexity index is 895. The molecule has 0 radical (unpaired) electrons. The van der Waals surface area contributed by atoms with E-state index < -0.39 is 5.97 Å². The molecule has 0 aliphatic carbocycles. The average Bonchev–Trinajstić information content (AvgIpc) is 3.02. The van der Waals surface area contributed by atoms with E-state index in [0.717, 1.165) is 54.5 Å².